The van der Waals surface area contributed by atoms with E-state index in [0.717, 1.165) is 6.07 Å². The molecule has 2 amide bonds. The fraction of sp³-hybridized carbons (Fsp3) is 0.333. The maximum atomic E-state index is 13.3. The average molecular weight is 305 g/mol. The first-order valence-electron chi connectivity index (χ1n) is 5.51. The zero-order valence-electron chi connectivity index (χ0n) is 9.97. The number of hydrogen-bond acceptors (Lipinski definition) is 2. The lowest BCUT2D eigenvalue weighted by Gasteiger charge is -2.13. The van der Waals surface area contributed by atoms with Gasteiger partial charge in [0.15, 0.2) is 0 Å². The lowest BCUT2D eigenvalue weighted by atomic mass is 10.1. The van der Waals surface area contributed by atoms with Crippen molar-refractivity contribution >= 4 is 35.0 Å². The lowest BCUT2D eigenvalue weighted by Crippen LogP contribution is -2.46. The molecule has 0 aliphatic heterocycles. The summed E-state index contributed by atoms with van der Waals surface area (Å²) in [4.78, 5) is 23.4. The van der Waals surface area contributed by atoms with Gasteiger partial charge in [-0.3, -0.25) is 20.4 Å². The van der Waals surface area contributed by atoms with Crippen molar-refractivity contribution in [1.29, 1.82) is 0 Å². The molecule has 1 fully saturated rings. The Hall–Kier alpha value is -1.33. The number of nitrogens with one attached hydrogen (secondary N) is 2. The summed E-state index contributed by atoms with van der Waals surface area (Å²) in [6.45, 7) is 1.58. The maximum Gasteiger partial charge on any atom is 0.272 e. The number of alkyl halides is 2. The molecule has 1 aliphatic rings. The first-order valence-corrected chi connectivity index (χ1v) is 6.27. The second-order valence-corrected chi connectivity index (χ2v) is 6.09. The Morgan fingerprint density at radius 3 is 2.37 bits per heavy atom. The number of benzene rings is 1. The van der Waals surface area contributed by atoms with Gasteiger partial charge < -0.3 is 0 Å². The topological polar surface area (TPSA) is 58.2 Å². The highest BCUT2D eigenvalue weighted by molar-refractivity contribution is 6.53. The minimum atomic E-state index is -1.13. The van der Waals surface area contributed by atoms with Gasteiger partial charge >= 0.3 is 0 Å². The molecular formula is C12H11Cl2FN2O2. The van der Waals surface area contributed by atoms with Gasteiger partial charge in [0.2, 0.25) is 5.91 Å². The van der Waals surface area contributed by atoms with Crippen LogP contribution in [0.15, 0.2) is 24.3 Å². The third-order valence-corrected chi connectivity index (χ3v) is 4.27. The Bertz CT molecular complexity index is 550. The van der Waals surface area contributed by atoms with Crippen molar-refractivity contribution in [3.8, 4) is 0 Å². The predicted octanol–water partition coefficient (Wildman–Crippen LogP) is 2.17. The fourth-order valence-electron chi connectivity index (χ4n) is 1.61. The number of amides is 2. The molecule has 0 spiro atoms. The Kier molecular flexibility index (Phi) is 3.45. The molecule has 19 heavy (non-hydrogen) atoms. The summed E-state index contributed by atoms with van der Waals surface area (Å²) in [5, 5.41) is 0. The van der Waals surface area contributed by atoms with Gasteiger partial charge in [-0.15, -0.1) is 23.2 Å². The molecular weight excluding hydrogens is 294 g/mol. The van der Waals surface area contributed by atoms with E-state index in [1.807, 2.05) is 0 Å². The highest BCUT2D eigenvalue weighted by Gasteiger charge is 2.68. The molecule has 102 valence electrons. The maximum absolute atomic E-state index is 13.3. The van der Waals surface area contributed by atoms with E-state index in [0.29, 0.717) is 6.42 Å². The molecule has 1 saturated carbocycles. The number of carbonyl (C=O) groups is 2. The van der Waals surface area contributed by atoms with Gasteiger partial charge in [0.25, 0.3) is 5.91 Å². The normalized spacial score (nSPS) is 23.6. The number of hydrogen-bond donors (Lipinski definition) is 2. The molecule has 1 aromatic rings. The van der Waals surface area contributed by atoms with Gasteiger partial charge in [0, 0.05) is 0 Å². The summed E-state index contributed by atoms with van der Waals surface area (Å²) in [6, 6.07) is 5.44. The van der Waals surface area contributed by atoms with Crippen molar-refractivity contribution in [3.05, 3.63) is 35.6 Å². The zero-order chi connectivity index (χ0) is 14.3. The number of halogens is 3. The van der Waals surface area contributed by atoms with Crippen molar-refractivity contribution in [2.45, 2.75) is 17.7 Å². The first-order chi connectivity index (χ1) is 8.78. The van der Waals surface area contributed by atoms with Gasteiger partial charge in [-0.1, -0.05) is 12.1 Å². The van der Waals surface area contributed by atoms with Crippen molar-refractivity contribution in [2.24, 2.45) is 5.41 Å². The van der Waals surface area contributed by atoms with E-state index in [2.05, 4.69) is 10.9 Å². The van der Waals surface area contributed by atoms with E-state index in [4.69, 9.17) is 23.2 Å². The van der Waals surface area contributed by atoms with Gasteiger partial charge in [-0.25, -0.2) is 4.39 Å². The zero-order valence-corrected chi connectivity index (χ0v) is 11.5. The molecule has 0 radical (unpaired) electrons. The highest BCUT2D eigenvalue weighted by atomic mass is 35.5. The quantitative estimate of drug-likeness (QED) is 0.650. The predicted molar refractivity (Wildman–Crippen MR) is 69.2 cm³/mol. The molecule has 2 rings (SSSR count). The Balaban J connectivity index is 1.96. The van der Waals surface area contributed by atoms with Crippen LogP contribution < -0.4 is 10.9 Å². The molecule has 2 N–H and O–H groups in total. The van der Waals surface area contributed by atoms with Crippen LogP contribution in [0.3, 0.4) is 0 Å². The van der Waals surface area contributed by atoms with Crippen LogP contribution in [0.1, 0.15) is 23.7 Å². The van der Waals surface area contributed by atoms with Gasteiger partial charge in [-0.2, -0.15) is 0 Å². The van der Waals surface area contributed by atoms with Gasteiger partial charge in [-0.05, 0) is 25.5 Å². The molecule has 1 atom stereocenters. The van der Waals surface area contributed by atoms with Crippen molar-refractivity contribution in [1.82, 2.24) is 10.9 Å². The second kappa shape index (κ2) is 4.65. The molecule has 0 aromatic heterocycles. The van der Waals surface area contributed by atoms with Crippen LogP contribution in [0.4, 0.5) is 4.39 Å². The summed E-state index contributed by atoms with van der Waals surface area (Å²) in [7, 11) is 0. The van der Waals surface area contributed by atoms with E-state index >= 15 is 0 Å². The third kappa shape index (κ3) is 2.53. The van der Waals surface area contributed by atoms with Crippen molar-refractivity contribution < 1.29 is 14.0 Å². The second-order valence-electron chi connectivity index (χ2n) is 4.60. The average Bonchev–Trinajstić information content (AvgIpc) is 2.87. The largest absolute Gasteiger partial charge is 0.273 e. The van der Waals surface area contributed by atoms with Crippen LogP contribution >= 0.6 is 23.2 Å². The summed E-state index contributed by atoms with van der Waals surface area (Å²) >= 11 is 11.7. The summed E-state index contributed by atoms with van der Waals surface area (Å²) in [5.74, 6) is -1.93. The number of carbonyl (C=O) groups excluding carboxylic acids is 2. The van der Waals surface area contributed by atoms with E-state index in [1.165, 1.54) is 18.2 Å². The molecule has 0 heterocycles. The molecule has 7 heteroatoms. The van der Waals surface area contributed by atoms with E-state index < -0.39 is 27.4 Å². The lowest BCUT2D eigenvalue weighted by molar-refractivity contribution is -0.126. The third-order valence-electron chi connectivity index (χ3n) is 3.17. The summed E-state index contributed by atoms with van der Waals surface area (Å²) in [6.07, 6.45) is 0.296. The minimum absolute atomic E-state index is 0.160. The van der Waals surface area contributed by atoms with Gasteiger partial charge in [0.05, 0.1) is 11.0 Å². The molecule has 1 aliphatic carbocycles. The molecule has 1 aromatic carbocycles. The van der Waals surface area contributed by atoms with E-state index in [1.54, 1.807) is 6.92 Å². The van der Waals surface area contributed by atoms with Crippen molar-refractivity contribution in [2.75, 3.05) is 0 Å². The molecule has 0 bridgehead atoms. The monoisotopic (exact) mass is 304 g/mol. The Morgan fingerprint density at radius 2 is 1.84 bits per heavy atom. The van der Waals surface area contributed by atoms with Crippen LogP contribution in [0, 0.1) is 11.2 Å². The van der Waals surface area contributed by atoms with Crippen LogP contribution in [-0.4, -0.2) is 16.1 Å². The Morgan fingerprint density at radius 1 is 1.26 bits per heavy atom. The molecule has 4 nitrogen and oxygen atoms in total. The number of rotatable bonds is 2. The van der Waals surface area contributed by atoms with E-state index in [9.17, 15) is 14.0 Å². The standard InChI is InChI=1S/C12H11Cl2FN2O2/c1-11(6-12(11,13)14)10(19)17-16-9(18)7-4-2-3-5-8(7)15/h2-5H,6H2,1H3,(H,16,18)(H,17,19). The van der Waals surface area contributed by atoms with Crippen LogP contribution in [0.2, 0.25) is 0 Å². The summed E-state index contributed by atoms with van der Waals surface area (Å²) in [5.41, 5.74) is 3.21. The summed E-state index contributed by atoms with van der Waals surface area (Å²) < 4.78 is 12.2. The molecule has 0 saturated heterocycles. The SMILES string of the molecule is CC1(C(=O)NNC(=O)c2ccccc2F)CC1(Cl)Cl. The fourth-order valence-corrected chi connectivity index (χ4v) is 2.32. The number of hydrazine groups is 1. The van der Waals surface area contributed by atoms with Crippen LogP contribution in [0.25, 0.3) is 0 Å². The first kappa shape index (κ1) is 14.1. The van der Waals surface area contributed by atoms with Crippen LogP contribution in [-0.2, 0) is 4.79 Å². The minimum Gasteiger partial charge on any atom is -0.273 e. The Labute approximate surface area is 119 Å². The molecule has 1 unspecified atom stereocenters. The highest BCUT2D eigenvalue weighted by Crippen LogP contribution is 2.63. The van der Waals surface area contributed by atoms with Crippen molar-refractivity contribution in [3.63, 3.8) is 0 Å². The van der Waals surface area contributed by atoms with Gasteiger partial charge in [0.1, 0.15) is 10.2 Å². The smallest absolute Gasteiger partial charge is 0.272 e. The van der Waals surface area contributed by atoms with E-state index in [-0.39, 0.29) is 5.56 Å². The van der Waals surface area contributed by atoms with Crippen LogP contribution in [0.5, 0.6) is 0 Å².